The Hall–Kier alpha value is -3.71. The quantitative estimate of drug-likeness (QED) is 0.312. The van der Waals surface area contributed by atoms with Gasteiger partial charge in [-0.1, -0.05) is 6.42 Å². The monoisotopic (exact) mass is 600 g/mol. The van der Waals surface area contributed by atoms with Crippen molar-refractivity contribution in [2.45, 2.75) is 56.7 Å². The van der Waals surface area contributed by atoms with Gasteiger partial charge in [0.25, 0.3) is 5.91 Å². The van der Waals surface area contributed by atoms with Crippen molar-refractivity contribution in [1.82, 2.24) is 25.2 Å². The van der Waals surface area contributed by atoms with Gasteiger partial charge in [-0.2, -0.15) is 0 Å². The van der Waals surface area contributed by atoms with Crippen molar-refractivity contribution >= 4 is 21.6 Å². The van der Waals surface area contributed by atoms with Crippen LogP contribution in [-0.4, -0.2) is 65.7 Å². The van der Waals surface area contributed by atoms with Crippen LogP contribution in [-0.2, 0) is 10.0 Å². The van der Waals surface area contributed by atoms with E-state index in [0.717, 1.165) is 25.9 Å². The predicted molar refractivity (Wildman–Crippen MR) is 153 cm³/mol. The van der Waals surface area contributed by atoms with E-state index in [2.05, 4.69) is 29.9 Å². The maximum Gasteiger partial charge on any atom is 0.254 e. The first kappa shape index (κ1) is 29.8. The number of likely N-dealkylation sites (tertiary alicyclic amines) is 1. The second kappa shape index (κ2) is 13.1. The minimum atomic E-state index is -3.50. The third-order valence-corrected chi connectivity index (χ3v) is 9.23. The van der Waals surface area contributed by atoms with Crippen LogP contribution in [0.3, 0.4) is 0 Å². The molecule has 2 aromatic heterocycles. The van der Waals surface area contributed by atoms with Crippen LogP contribution in [0.1, 0.15) is 67.5 Å². The summed E-state index contributed by atoms with van der Waals surface area (Å²) >= 11 is 0. The Morgan fingerprint density at radius 1 is 1.12 bits per heavy atom. The number of hydrogen-bond donors (Lipinski definition) is 2. The Kier molecular flexibility index (Phi) is 9.27. The lowest BCUT2D eigenvalue weighted by Crippen LogP contribution is -2.35. The van der Waals surface area contributed by atoms with Gasteiger partial charge in [-0.05, 0) is 76.4 Å². The maximum absolute atomic E-state index is 15.3. The minimum Gasteiger partial charge on any atom is -0.477 e. The molecule has 1 amide bonds. The zero-order valence-electron chi connectivity index (χ0n) is 23.4. The normalized spacial score (nSPS) is 16.5. The van der Waals surface area contributed by atoms with Crippen LogP contribution < -0.4 is 14.8 Å². The summed E-state index contributed by atoms with van der Waals surface area (Å²) in [4.78, 5) is 28.1. The number of halogens is 2. The number of carbonyl (C=O) groups is 1. The summed E-state index contributed by atoms with van der Waals surface area (Å²) in [7, 11) is -3.50. The minimum absolute atomic E-state index is 0.0679. The van der Waals surface area contributed by atoms with Crippen LogP contribution in [0.2, 0.25) is 0 Å². The van der Waals surface area contributed by atoms with Gasteiger partial charge in [-0.25, -0.2) is 22.2 Å². The van der Waals surface area contributed by atoms with E-state index < -0.39 is 44.4 Å². The van der Waals surface area contributed by atoms with E-state index in [4.69, 9.17) is 4.74 Å². The van der Waals surface area contributed by atoms with Crippen molar-refractivity contribution in [2.75, 3.05) is 31.0 Å². The fraction of sp³-hybridized carbons (Fsp3) is 0.448. The van der Waals surface area contributed by atoms with Gasteiger partial charge in [0, 0.05) is 18.3 Å². The van der Waals surface area contributed by atoms with E-state index in [1.165, 1.54) is 37.1 Å². The van der Waals surface area contributed by atoms with Gasteiger partial charge in [-0.15, -0.1) is 0 Å². The molecule has 42 heavy (non-hydrogen) atoms. The van der Waals surface area contributed by atoms with Gasteiger partial charge >= 0.3 is 0 Å². The second-order valence-electron chi connectivity index (χ2n) is 10.5. The summed E-state index contributed by atoms with van der Waals surface area (Å²) in [6.45, 7) is 4.61. The van der Waals surface area contributed by atoms with Crippen molar-refractivity contribution in [2.24, 2.45) is 0 Å². The molecule has 2 aliphatic rings. The Labute approximate surface area is 244 Å². The van der Waals surface area contributed by atoms with E-state index >= 15 is 8.78 Å². The molecular formula is C29H34F2N6O4S. The van der Waals surface area contributed by atoms with Crippen LogP contribution >= 0.6 is 0 Å². The molecule has 1 atom stereocenters. The fourth-order valence-corrected chi connectivity index (χ4v) is 6.35. The number of benzene rings is 1. The number of rotatable bonds is 12. The maximum atomic E-state index is 15.3. The molecule has 3 heterocycles. The predicted octanol–water partition coefficient (Wildman–Crippen LogP) is 4.47. The summed E-state index contributed by atoms with van der Waals surface area (Å²) in [5.74, 6) is -3.20. The molecule has 5 rings (SSSR count). The smallest absolute Gasteiger partial charge is 0.254 e. The Bertz CT molecular complexity index is 1530. The zero-order chi connectivity index (χ0) is 29.7. The Morgan fingerprint density at radius 3 is 2.64 bits per heavy atom. The lowest BCUT2D eigenvalue weighted by Gasteiger charge is -2.28. The number of nitrogens with one attached hydrogen (secondary N) is 2. The van der Waals surface area contributed by atoms with E-state index in [0.29, 0.717) is 43.8 Å². The average molecular weight is 601 g/mol. The molecule has 2 fully saturated rings. The third kappa shape index (κ3) is 7.19. The highest BCUT2D eigenvalue weighted by atomic mass is 32.2. The van der Waals surface area contributed by atoms with Crippen molar-refractivity contribution in [1.29, 1.82) is 0 Å². The SMILES string of the molecule is CCOc1cncc(-c2ccc(C(=O)NC(CCN3CCCCC3)c3cc(NS(=O)(=O)C4CC4)ccn3)c(F)c2F)n1. The molecule has 2 N–H and O–H groups in total. The highest BCUT2D eigenvalue weighted by Gasteiger charge is 2.36. The van der Waals surface area contributed by atoms with Gasteiger partial charge in [0.05, 0.1) is 52.9 Å². The average Bonchev–Trinajstić information content (AvgIpc) is 3.84. The number of amides is 1. The Morgan fingerprint density at radius 2 is 1.90 bits per heavy atom. The van der Waals surface area contributed by atoms with Crippen molar-refractivity contribution in [3.05, 3.63) is 65.7 Å². The Balaban J connectivity index is 1.38. The number of carbonyl (C=O) groups excluding carboxylic acids is 1. The van der Waals surface area contributed by atoms with Gasteiger partial charge in [0.1, 0.15) is 0 Å². The summed E-state index contributed by atoms with van der Waals surface area (Å²) in [5.41, 5.74) is 0.187. The molecule has 0 bridgehead atoms. The van der Waals surface area contributed by atoms with Crippen LogP contribution in [0.15, 0.2) is 42.9 Å². The molecule has 1 saturated heterocycles. The van der Waals surface area contributed by atoms with Crippen LogP contribution in [0.5, 0.6) is 5.88 Å². The van der Waals surface area contributed by atoms with Crippen molar-refractivity contribution in [3.8, 4) is 17.1 Å². The van der Waals surface area contributed by atoms with Gasteiger partial charge in [-0.3, -0.25) is 19.5 Å². The van der Waals surface area contributed by atoms with Crippen molar-refractivity contribution < 1.29 is 26.7 Å². The van der Waals surface area contributed by atoms with E-state index in [-0.39, 0.29) is 17.1 Å². The molecule has 224 valence electrons. The number of nitrogens with zero attached hydrogens (tertiary/aromatic N) is 4. The number of pyridine rings is 1. The lowest BCUT2D eigenvalue weighted by atomic mass is 10.0. The highest BCUT2D eigenvalue weighted by molar-refractivity contribution is 7.93. The molecule has 1 unspecified atom stereocenters. The highest BCUT2D eigenvalue weighted by Crippen LogP contribution is 2.31. The summed E-state index contributed by atoms with van der Waals surface area (Å²) in [6, 6.07) is 4.92. The number of hydrogen-bond acceptors (Lipinski definition) is 8. The number of aromatic nitrogens is 3. The van der Waals surface area contributed by atoms with Gasteiger partial charge in [0.15, 0.2) is 11.6 Å². The van der Waals surface area contributed by atoms with E-state index in [1.807, 2.05) is 0 Å². The number of anilines is 1. The molecule has 1 aliphatic carbocycles. The summed E-state index contributed by atoms with van der Waals surface area (Å²) < 4.78 is 63.4. The van der Waals surface area contributed by atoms with Gasteiger partial charge in [0.2, 0.25) is 15.9 Å². The van der Waals surface area contributed by atoms with Crippen LogP contribution in [0, 0.1) is 11.6 Å². The molecule has 0 spiro atoms. The van der Waals surface area contributed by atoms with Crippen LogP contribution in [0.25, 0.3) is 11.3 Å². The molecular weight excluding hydrogens is 566 g/mol. The molecule has 1 saturated carbocycles. The second-order valence-corrected chi connectivity index (χ2v) is 12.5. The first-order valence-electron chi connectivity index (χ1n) is 14.2. The lowest BCUT2D eigenvalue weighted by molar-refractivity contribution is 0.0924. The standard InChI is InChI=1S/C29H34F2N6O4S/c1-2-41-26-18-32-17-25(34-26)21-8-9-22(28(31)27(21)30)29(38)35-23(11-15-37-13-4-3-5-14-37)24-16-19(10-12-33-24)36-42(39,40)20-6-7-20/h8-10,12,16-18,20,23H,2-7,11,13-15H2,1H3,(H,33,36)(H,35,38). The topological polar surface area (TPSA) is 126 Å². The summed E-state index contributed by atoms with van der Waals surface area (Å²) in [6.07, 6.45) is 9.14. The van der Waals surface area contributed by atoms with Crippen molar-refractivity contribution in [3.63, 3.8) is 0 Å². The largest absolute Gasteiger partial charge is 0.477 e. The third-order valence-electron chi connectivity index (χ3n) is 7.36. The molecule has 1 aromatic carbocycles. The van der Waals surface area contributed by atoms with E-state index in [1.54, 1.807) is 19.1 Å². The number of sulfonamides is 1. The first-order chi connectivity index (χ1) is 20.2. The van der Waals surface area contributed by atoms with Gasteiger partial charge < -0.3 is 15.0 Å². The van der Waals surface area contributed by atoms with Crippen LogP contribution in [0.4, 0.5) is 14.5 Å². The van der Waals surface area contributed by atoms with E-state index in [9.17, 15) is 13.2 Å². The number of piperidine rings is 1. The molecule has 13 heteroatoms. The molecule has 10 nitrogen and oxygen atoms in total. The zero-order valence-corrected chi connectivity index (χ0v) is 24.2. The molecule has 0 radical (unpaired) electrons. The molecule has 3 aromatic rings. The fourth-order valence-electron chi connectivity index (χ4n) is 4.97. The summed E-state index contributed by atoms with van der Waals surface area (Å²) in [5, 5.41) is 2.40. The first-order valence-corrected chi connectivity index (χ1v) is 15.7. The molecule has 1 aliphatic heterocycles. The number of ether oxygens (including phenoxy) is 1.